The molecule has 0 radical (unpaired) electrons. The van der Waals surface area contributed by atoms with Crippen molar-refractivity contribution in [1.82, 2.24) is 5.32 Å². The molecule has 2 aromatic carbocycles. The Kier molecular flexibility index (Phi) is 5.43. The third-order valence-corrected chi connectivity index (χ3v) is 3.26. The molecule has 2 aromatic rings. The first kappa shape index (κ1) is 15.2. The number of benzene rings is 2. The second-order valence-corrected chi connectivity index (χ2v) is 4.88. The van der Waals surface area contributed by atoms with Crippen LogP contribution in [0.5, 0.6) is 0 Å². The van der Waals surface area contributed by atoms with Crippen molar-refractivity contribution in [3.8, 4) is 0 Å². The molecule has 110 valence electrons. The third kappa shape index (κ3) is 4.66. The van der Waals surface area contributed by atoms with Crippen LogP contribution in [-0.2, 0) is 13.0 Å². The Labute approximate surface area is 123 Å². The molecule has 2 N–H and O–H groups in total. The van der Waals surface area contributed by atoms with Gasteiger partial charge in [0, 0.05) is 24.7 Å². The summed E-state index contributed by atoms with van der Waals surface area (Å²) in [5.41, 5.74) is 2.05. The molecular formula is C16H18N2O3. The first-order valence-corrected chi connectivity index (χ1v) is 6.80. The maximum absolute atomic E-state index is 10.7. The van der Waals surface area contributed by atoms with Gasteiger partial charge in [-0.05, 0) is 17.5 Å². The van der Waals surface area contributed by atoms with E-state index in [0.717, 1.165) is 11.1 Å². The summed E-state index contributed by atoms with van der Waals surface area (Å²) in [4.78, 5) is 10.3. The van der Waals surface area contributed by atoms with E-state index in [0.29, 0.717) is 13.0 Å². The zero-order valence-corrected chi connectivity index (χ0v) is 11.6. The van der Waals surface area contributed by atoms with E-state index in [-0.39, 0.29) is 18.3 Å². The van der Waals surface area contributed by atoms with Crippen molar-refractivity contribution in [2.45, 2.75) is 19.0 Å². The van der Waals surface area contributed by atoms with Gasteiger partial charge in [-0.2, -0.15) is 0 Å². The van der Waals surface area contributed by atoms with E-state index in [4.69, 9.17) is 0 Å². The number of non-ortho nitro benzene ring substituents is 1. The van der Waals surface area contributed by atoms with Crippen molar-refractivity contribution in [3.63, 3.8) is 0 Å². The number of nitrogens with one attached hydrogen (secondary N) is 1. The van der Waals surface area contributed by atoms with Gasteiger partial charge in [-0.15, -0.1) is 0 Å². The van der Waals surface area contributed by atoms with E-state index in [1.165, 1.54) is 6.07 Å². The summed E-state index contributed by atoms with van der Waals surface area (Å²) in [5, 5.41) is 23.4. The quantitative estimate of drug-likeness (QED) is 0.605. The number of nitro groups is 1. The van der Waals surface area contributed by atoms with Crippen LogP contribution in [0.1, 0.15) is 11.1 Å². The SMILES string of the molecule is O=[N+]([O-])c1cccc(CN[C@H](CO)Cc2ccccc2)c1. The van der Waals surface area contributed by atoms with Gasteiger partial charge in [-0.1, -0.05) is 42.5 Å². The average molecular weight is 286 g/mol. The van der Waals surface area contributed by atoms with Gasteiger partial charge in [-0.25, -0.2) is 0 Å². The lowest BCUT2D eigenvalue weighted by atomic mass is 10.1. The minimum Gasteiger partial charge on any atom is -0.395 e. The van der Waals surface area contributed by atoms with E-state index in [1.54, 1.807) is 12.1 Å². The Morgan fingerprint density at radius 1 is 1.10 bits per heavy atom. The molecule has 0 aliphatic heterocycles. The third-order valence-electron chi connectivity index (χ3n) is 3.26. The minimum atomic E-state index is -0.406. The lowest BCUT2D eigenvalue weighted by Crippen LogP contribution is -2.34. The van der Waals surface area contributed by atoms with E-state index in [2.05, 4.69) is 5.32 Å². The summed E-state index contributed by atoms with van der Waals surface area (Å²) in [6.45, 7) is 0.504. The molecule has 0 aliphatic carbocycles. The number of aliphatic hydroxyl groups excluding tert-OH is 1. The first-order chi connectivity index (χ1) is 10.2. The van der Waals surface area contributed by atoms with Gasteiger partial charge in [0.2, 0.25) is 0 Å². The van der Waals surface area contributed by atoms with Crippen LogP contribution in [0, 0.1) is 10.1 Å². The highest BCUT2D eigenvalue weighted by Gasteiger charge is 2.10. The Balaban J connectivity index is 1.94. The van der Waals surface area contributed by atoms with Crippen LogP contribution < -0.4 is 5.32 Å². The molecular weight excluding hydrogens is 268 g/mol. The zero-order valence-electron chi connectivity index (χ0n) is 11.6. The number of aliphatic hydroxyl groups is 1. The van der Waals surface area contributed by atoms with Gasteiger partial charge in [0.15, 0.2) is 0 Å². The molecule has 1 atom stereocenters. The molecule has 2 rings (SSSR count). The molecule has 5 heteroatoms. The summed E-state index contributed by atoms with van der Waals surface area (Å²) >= 11 is 0. The van der Waals surface area contributed by atoms with Crippen LogP contribution in [0.2, 0.25) is 0 Å². The van der Waals surface area contributed by atoms with E-state index in [1.807, 2.05) is 36.4 Å². The molecule has 5 nitrogen and oxygen atoms in total. The highest BCUT2D eigenvalue weighted by atomic mass is 16.6. The number of hydrogen-bond acceptors (Lipinski definition) is 4. The summed E-state index contributed by atoms with van der Waals surface area (Å²) in [6.07, 6.45) is 0.715. The molecule has 0 saturated heterocycles. The second kappa shape index (κ2) is 7.52. The maximum Gasteiger partial charge on any atom is 0.269 e. The van der Waals surface area contributed by atoms with Crippen LogP contribution in [0.4, 0.5) is 5.69 Å². The second-order valence-electron chi connectivity index (χ2n) is 4.88. The lowest BCUT2D eigenvalue weighted by Gasteiger charge is -2.16. The Hall–Kier alpha value is -2.24. The van der Waals surface area contributed by atoms with E-state index < -0.39 is 4.92 Å². The molecule has 21 heavy (non-hydrogen) atoms. The summed E-state index contributed by atoms with van der Waals surface area (Å²) < 4.78 is 0. The molecule has 0 amide bonds. The summed E-state index contributed by atoms with van der Waals surface area (Å²) in [6, 6.07) is 16.3. The minimum absolute atomic E-state index is 0.0177. The van der Waals surface area contributed by atoms with Crippen LogP contribution in [-0.4, -0.2) is 22.7 Å². The van der Waals surface area contributed by atoms with Gasteiger partial charge >= 0.3 is 0 Å². The van der Waals surface area contributed by atoms with Crippen molar-refractivity contribution < 1.29 is 10.0 Å². The largest absolute Gasteiger partial charge is 0.395 e. The lowest BCUT2D eigenvalue weighted by molar-refractivity contribution is -0.384. The fourth-order valence-corrected chi connectivity index (χ4v) is 2.14. The molecule has 0 unspecified atom stereocenters. The molecule has 0 saturated carbocycles. The highest BCUT2D eigenvalue weighted by molar-refractivity contribution is 5.34. The molecule has 0 bridgehead atoms. The first-order valence-electron chi connectivity index (χ1n) is 6.80. The Morgan fingerprint density at radius 3 is 2.48 bits per heavy atom. The van der Waals surface area contributed by atoms with Crippen LogP contribution in [0.3, 0.4) is 0 Å². The van der Waals surface area contributed by atoms with Gasteiger partial charge in [0.25, 0.3) is 5.69 Å². The Morgan fingerprint density at radius 2 is 1.81 bits per heavy atom. The number of rotatable bonds is 7. The van der Waals surface area contributed by atoms with Crippen LogP contribution in [0.25, 0.3) is 0 Å². The predicted molar refractivity (Wildman–Crippen MR) is 81.0 cm³/mol. The van der Waals surface area contributed by atoms with Crippen LogP contribution in [0.15, 0.2) is 54.6 Å². The summed E-state index contributed by atoms with van der Waals surface area (Å²) in [7, 11) is 0. The number of nitrogens with zero attached hydrogens (tertiary/aromatic N) is 1. The number of hydrogen-bond donors (Lipinski definition) is 2. The predicted octanol–water partition coefficient (Wildman–Crippen LogP) is 2.29. The normalized spacial score (nSPS) is 12.0. The number of nitro benzene ring substituents is 1. The molecule has 0 aromatic heterocycles. The van der Waals surface area contributed by atoms with Crippen molar-refractivity contribution in [3.05, 3.63) is 75.8 Å². The van der Waals surface area contributed by atoms with Crippen LogP contribution >= 0.6 is 0 Å². The van der Waals surface area contributed by atoms with E-state index in [9.17, 15) is 15.2 Å². The van der Waals surface area contributed by atoms with Crippen molar-refractivity contribution >= 4 is 5.69 Å². The Bertz CT molecular complexity index is 587. The standard InChI is InChI=1S/C16H18N2O3/c19-12-15(9-13-5-2-1-3-6-13)17-11-14-7-4-8-16(10-14)18(20)21/h1-8,10,15,17,19H,9,11-12H2/t15-/m0/s1. The summed E-state index contributed by atoms with van der Waals surface area (Å²) in [5.74, 6) is 0. The van der Waals surface area contributed by atoms with Crippen molar-refractivity contribution in [1.29, 1.82) is 0 Å². The van der Waals surface area contributed by atoms with E-state index >= 15 is 0 Å². The molecule has 0 heterocycles. The molecule has 0 spiro atoms. The topological polar surface area (TPSA) is 75.4 Å². The van der Waals surface area contributed by atoms with Gasteiger partial charge in [0.05, 0.1) is 11.5 Å². The fourth-order valence-electron chi connectivity index (χ4n) is 2.14. The fraction of sp³-hybridized carbons (Fsp3) is 0.250. The van der Waals surface area contributed by atoms with Crippen molar-refractivity contribution in [2.75, 3.05) is 6.61 Å². The highest BCUT2D eigenvalue weighted by Crippen LogP contribution is 2.13. The zero-order chi connectivity index (χ0) is 15.1. The smallest absolute Gasteiger partial charge is 0.269 e. The molecule has 0 aliphatic rings. The average Bonchev–Trinajstić information content (AvgIpc) is 2.52. The van der Waals surface area contributed by atoms with Gasteiger partial charge < -0.3 is 10.4 Å². The molecule has 0 fully saturated rings. The van der Waals surface area contributed by atoms with Gasteiger partial charge in [-0.3, -0.25) is 10.1 Å². The monoisotopic (exact) mass is 286 g/mol. The maximum atomic E-state index is 10.7. The van der Waals surface area contributed by atoms with Crippen molar-refractivity contribution in [2.24, 2.45) is 0 Å². The van der Waals surface area contributed by atoms with Gasteiger partial charge in [0.1, 0.15) is 0 Å².